The van der Waals surface area contributed by atoms with Crippen molar-refractivity contribution >= 4 is 5.69 Å². The minimum absolute atomic E-state index is 0.477. The predicted molar refractivity (Wildman–Crippen MR) is 77.7 cm³/mol. The van der Waals surface area contributed by atoms with Crippen molar-refractivity contribution in [2.75, 3.05) is 25.0 Å². The Hall–Kier alpha value is -1.97. The van der Waals surface area contributed by atoms with Crippen LogP contribution in [-0.2, 0) is 6.42 Å². The second-order valence-corrected chi connectivity index (χ2v) is 4.93. The topological polar surface area (TPSA) is 39.1 Å². The maximum Gasteiger partial charge on any atom is 0.0669 e. The molecule has 1 heterocycles. The zero-order valence-corrected chi connectivity index (χ0v) is 11.1. The van der Waals surface area contributed by atoms with E-state index in [1.165, 1.54) is 0 Å². The van der Waals surface area contributed by atoms with Crippen molar-refractivity contribution in [3.05, 3.63) is 29.8 Å². The van der Waals surface area contributed by atoms with Crippen molar-refractivity contribution < 1.29 is 0 Å². The molecular formula is C16H19N3. The summed E-state index contributed by atoms with van der Waals surface area (Å²) in [6, 6.07) is 10.8. The van der Waals surface area contributed by atoms with Gasteiger partial charge < -0.3 is 5.32 Å². The van der Waals surface area contributed by atoms with Crippen molar-refractivity contribution in [3.63, 3.8) is 0 Å². The van der Waals surface area contributed by atoms with Crippen LogP contribution in [0, 0.1) is 23.7 Å². The highest BCUT2D eigenvalue weighted by molar-refractivity contribution is 5.45. The molecule has 0 atom stereocenters. The molecule has 1 aliphatic heterocycles. The van der Waals surface area contributed by atoms with Crippen LogP contribution in [0.2, 0.25) is 0 Å². The second-order valence-electron chi connectivity index (χ2n) is 4.93. The van der Waals surface area contributed by atoms with E-state index in [0.29, 0.717) is 12.5 Å². The van der Waals surface area contributed by atoms with Gasteiger partial charge in [0.1, 0.15) is 0 Å². The number of terminal acetylenes is 1. The van der Waals surface area contributed by atoms with Crippen molar-refractivity contribution in [2.24, 2.45) is 0 Å². The summed E-state index contributed by atoms with van der Waals surface area (Å²) >= 11 is 0. The number of piperidine rings is 1. The van der Waals surface area contributed by atoms with Crippen LogP contribution in [0.25, 0.3) is 0 Å². The molecule has 0 aromatic heterocycles. The summed E-state index contributed by atoms with van der Waals surface area (Å²) in [6.07, 6.45) is 8.06. The number of rotatable bonds is 4. The Kier molecular flexibility index (Phi) is 4.84. The summed E-state index contributed by atoms with van der Waals surface area (Å²) in [5.41, 5.74) is 2.20. The SMILES string of the molecule is C#CCN1CCC(Nc2ccc(CC#N)cc2)CC1. The highest BCUT2D eigenvalue weighted by atomic mass is 15.1. The second kappa shape index (κ2) is 6.83. The molecule has 1 N–H and O–H groups in total. The van der Waals surface area contributed by atoms with Crippen LogP contribution >= 0.6 is 0 Å². The Labute approximate surface area is 115 Å². The monoisotopic (exact) mass is 253 g/mol. The van der Waals surface area contributed by atoms with Gasteiger partial charge in [-0.05, 0) is 30.5 Å². The number of likely N-dealkylation sites (tertiary alicyclic amines) is 1. The number of nitrogens with one attached hydrogen (secondary N) is 1. The lowest BCUT2D eigenvalue weighted by molar-refractivity contribution is 0.243. The van der Waals surface area contributed by atoms with Crippen LogP contribution in [0.1, 0.15) is 18.4 Å². The van der Waals surface area contributed by atoms with Crippen molar-refractivity contribution in [1.29, 1.82) is 5.26 Å². The van der Waals surface area contributed by atoms with Crippen molar-refractivity contribution in [3.8, 4) is 18.4 Å². The van der Waals surface area contributed by atoms with Gasteiger partial charge in [0.15, 0.2) is 0 Å². The fourth-order valence-corrected chi connectivity index (χ4v) is 2.41. The first-order chi connectivity index (χ1) is 9.31. The summed E-state index contributed by atoms with van der Waals surface area (Å²) in [5, 5.41) is 12.2. The number of nitrogens with zero attached hydrogens (tertiary/aromatic N) is 2. The van der Waals surface area contributed by atoms with Crippen molar-refractivity contribution in [1.82, 2.24) is 4.90 Å². The lowest BCUT2D eigenvalue weighted by Gasteiger charge is -2.31. The molecule has 0 saturated carbocycles. The molecule has 0 bridgehead atoms. The first-order valence-electron chi connectivity index (χ1n) is 6.70. The first-order valence-corrected chi connectivity index (χ1v) is 6.70. The van der Waals surface area contributed by atoms with E-state index in [0.717, 1.165) is 43.7 Å². The van der Waals surface area contributed by atoms with E-state index >= 15 is 0 Å². The molecule has 1 aromatic carbocycles. The van der Waals surface area contributed by atoms with Gasteiger partial charge in [0, 0.05) is 24.8 Å². The average Bonchev–Trinajstić information content (AvgIpc) is 2.44. The summed E-state index contributed by atoms with van der Waals surface area (Å²) in [6.45, 7) is 2.89. The molecule has 98 valence electrons. The molecule has 0 aliphatic carbocycles. The molecule has 1 saturated heterocycles. The minimum atomic E-state index is 0.477. The smallest absolute Gasteiger partial charge is 0.0669 e. The molecule has 2 rings (SSSR count). The normalized spacial score (nSPS) is 16.5. The van der Waals surface area contributed by atoms with Crippen LogP contribution in [0.3, 0.4) is 0 Å². The summed E-state index contributed by atoms with van der Waals surface area (Å²) in [5.74, 6) is 2.70. The van der Waals surface area contributed by atoms with Gasteiger partial charge in [0.2, 0.25) is 0 Å². The van der Waals surface area contributed by atoms with Crippen molar-refractivity contribution in [2.45, 2.75) is 25.3 Å². The highest BCUT2D eigenvalue weighted by Crippen LogP contribution is 2.17. The highest BCUT2D eigenvalue weighted by Gasteiger charge is 2.17. The summed E-state index contributed by atoms with van der Waals surface area (Å²) in [7, 11) is 0. The Balaban J connectivity index is 1.82. The standard InChI is InChI=1S/C16H19N3/c1-2-11-19-12-8-16(9-13-19)18-15-5-3-14(4-6-15)7-10-17/h1,3-6,16,18H,7-9,11-13H2. The van der Waals surface area contributed by atoms with E-state index in [1.54, 1.807) is 0 Å². The largest absolute Gasteiger partial charge is 0.382 e. The zero-order valence-electron chi connectivity index (χ0n) is 11.1. The van der Waals surface area contributed by atoms with Gasteiger partial charge in [0.05, 0.1) is 19.0 Å². The van der Waals surface area contributed by atoms with Crippen LogP contribution in [-0.4, -0.2) is 30.6 Å². The molecule has 0 amide bonds. The molecule has 3 heteroatoms. The molecule has 1 aliphatic rings. The van der Waals surface area contributed by atoms with E-state index < -0.39 is 0 Å². The molecule has 1 fully saturated rings. The fraction of sp³-hybridized carbons (Fsp3) is 0.438. The zero-order chi connectivity index (χ0) is 13.5. The summed E-state index contributed by atoms with van der Waals surface area (Å²) in [4.78, 5) is 2.31. The van der Waals surface area contributed by atoms with Gasteiger partial charge in [0.25, 0.3) is 0 Å². The van der Waals surface area contributed by atoms with E-state index in [4.69, 9.17) is 11.7 Å². The van der Waals surface area contributed by atoms with Gasteiger partial charge in [-0.25, -0.2) is 0 Å². The maximum atomic E-state index is 8.63. The number of benzene rings is 1. The Morgan fingerprint density at radius 3 is 2.53 bits per heavy atom. The van der Waals surface area contributed by atoms with Crippen LogP contribution in [0.15, 0.2) is 24.3 Å². The number of hydrogen-bond donors (Lipinski definition) is 1. The fourth-order valence-electron chi connectivity index (χ4n) is 2.41. The third-order valence-electron chi connectivity index (χ3n) is 3.51. The Bertz CT molecular complexity index is 470. The average molecular weight is 253 g/mol. The number of anilines is 1. The molecule has 0 unspecified atom stereocenters. The van der Waals surface area contributed by atoms with Gasteiger partial charge in [-0.3, -0.25) is 4.90 Å². The third-order valence-corrected chi connectivity index (χ3v) is 3.51. The first kappa shape index (κ1) is 13.5. The van der Waals surface area contributed by atoms with E-state index in [1.807, 2.05) is 12.1 Å². The Morgan fingerprint density at radius 2 is 1.95 bits per heavy atom. The molecule has 1 aromatic rings. The summed E-state index contributed by atoms with van der Waals surface area (Å²) < 4.78 is 0. The molecular weight excluding hydrogens is 234 g/mol. The van der Waals surface area contributed by atoms with Crippen LogP contribution in [0.5, 0.6) is 0 Å². The Morgan fingerprint density at radius 1 is 1.26 bits per heavy atom. The van der Waals surface area contributed by atoms with Crippen LogP contribution < -0.4 is 5.32 Å². The number of hydrogen-bond acceptors (Lipinski definition) is 3. The van der Waals surface area contributed by atoms with E-state index in [9.17, 15) is 0 Å². The van der Waals surface area contributed by atoms with Gasteiger partial charge >= 0.3 is 0 Å². The lowest BCUT2D eigenvalue weighted by atomic mass is 10.0. The molecule has 3 nitrogen and oxygen atoms in total. The maximum absolute atomic E-state index is 8.63. The quantitative estimate of drug-likeness (QED) is 0.837. The molecule has 0 spiro atoms. The lowest BCUT2D eigenvalue weighted by Crippen LogP contribution is -2.39. The third kappa shape index (κ3) is 4.02. The van der Waals surface area contributed by atoms with Gasteiger partial charge in [-0.15, -0.1) is 6.42 Å². The number of nitriles is 1. The minimum Gasteiger partial charge on any atom is -0.382 e. The molecule has 0 radical (unpaired) electrons. The van der Waals surface area contributed by atoms with E-state index in [-0.39, 0.29) is 0 Å². The molecule has 19 heavy (non-hydrogen) atoms. The van der Waals surface area contributed by atoms with E-state index in [2.05, 4.69) is 34.3 Å². The van der Waals surface area contributed by atoms with Gasteiger partial charge in [-0.1, -0.05) is 18.1 Å². The predicted octanol–water partition coefficient (Wildman–Crippen LogP) is 2.26. The van der Waals surface area contributed by atoms with Gasteiger partial charge in [-0.2, -0.15) is 5.26 Å². The van der Waals surface area contributed by atoms with Crippen LogP contribution in [0.4, 0.5) is 5.69 Å².